The summed E-state index contributed by atoms with van der Waals surface area (Å²) in [6, 6.07) is 0. The lowest BCUT2D eigenvalue weighted by atomic mass is 9.69. The highest BCUT2D eigenvalue weighted by Crippen LogP contribution is 2.73. The molecule has 0 aromatic rings. The van der Waals surface area contributed by atoms with Crippen LogP contribution in [-0.4, -0.2) is 11.6 Å². The Morgan fingerprint density at radius 3 is 2.62 bits per heavy atom. The lowest BCUT2D eigenvalue weighted by Crippen LogP contribution is -2.35. The number of nitrogens with zero attached hydrogens (tertiary/aromatic N) is 1. The van der Waals surface area contributed by atoms with Gasteiger partial charge in [-0.3, -0.25) is 4.79 Å². The number of amides is 1. The molecular weight excluding hydrogens is 173 g/mol. The van der Waals surface area contributed by atoms with Crippen molar-refractivity contribution in [2.24, 2.45) is 16.5 Å². The highest BCUT2D eigenvalue weighted by Gasteiger charge is 2.73. The third kappa shape index (κ3) is 0.974. The highest BCUT2D eigenvalue weighted by molar-refractivity contribution is 5.80. The van der Waals surface area contributed by atoms with Gasteiger partial charge in [-0.05, 0) is 25.7 Å². The van der Waals surface area contributed by atoms with Crippen LogP contribution >= 0.6 is 0 Å². The van der Waals surface area contributed by atoms with Gasteiger partial charge in [0.25, 0.3) is 5.91 Å². The van der Waals surface area contributed by atoms with Crippen LogP contribution in [0.4, 0.5) is 4.39 Å². The van der Waals surface area contributed by atoms with Crippen molar-refractivity contribution in [3.63, 3.8) is 0 Å². The molecule has 0 aromatic heterocycles. The molecule has 0 N–H and O–H groups in total. The van der Waals surface area contributed by atoms with Crippen molar-refractivity contribution >= 4 is 5.91 Å². The maximum Gasteiger partial charge on any atom is 0.289 e. The number of alkyl halides is 1. The minimum Gasteiger partial charge on any atom is -0.269 e. The van der Waals surface area contributed by atoms with Crippen LogP contribution in [0.3, 0.4) is 0 Å². The molecule has 2 aliphatic rings. The summed E-state index contributed by atoms with van der Waals surface area (Å²) in [6.07, 6.45) is 2.14. The minimum absolute atomic E-state index is 0.257. The summed E-state index contributed by atoms with van der Waals surface area (Å²) in [7, 11) is 0. The average Bonchev–Trinajstić information content (AvgIpc) is 2.70. The van der Waals surface area contributed by atoms with E-state index < -0.39 is 11.6 Å². The van der Waals surface area contributed by atoms with Crippen LogP contribution in [0.15, 0.2) is 5.18 Å². The first kappa shape index (κ1) is 8.78. The lowest BCUT2D eigenvalue weighted by molar-refractivity contribution is -0.127. The van der Waals surface area contributed by atoms with Crippen LogP contribution < -0.4 is 0 Å². The zero-order valence-electron chi connectivity index (χ0n) is 7.55. The monoisotopic (exact) mass is 185 g/mol. The normalized spacial score (nSPS) is 47.1. The van der Waals surface area contributed by atoms with Crippen molar-refractivity contribution in [3.05, 3.63) is 4.91 Å². The Kier molecular flexibility index (Phi) is 1.60. The van der Waals surface area contributed by atoms with Crippen LogP contribution in [0.25, 0.3) is 0 Å². The fourth-order valence-electron chi connectivity index (χ4n) is 2.64. The highest BCUT2D eigenvalue weighted by atomic mass is 19.1. The summed E-state index contributed by atoms with van der Waals surface area (Å²) in [4.78, 5) is 20.7. The average molecular weight is 185 g/mol. The Bertz CT molecular complexity index is 273. The van der Waals surface area contributed by atoms with Gasteiger partial charge in [-0.2, -0.15) is 0 Å². The number of rotatable bonds is 2. The van der Waals surface area contributed by atoms with Gasteiger partial charge in [0.15, 0.2) is 0 Å². The fourth-order valence-corrected chi connectivity index (χ4v) is 2.64. The summed E-state index contributed by atoms with van der Waals surface area (Å²) < 4.78 is 13.7. The van der Waals surface area contributed by atoms with E-state index in [-0.39, 0.29) is 11.3 Å². The summed E-state index contributed by atoms with van der Waals surface area (Å²) in [6.45, 7) is 1.82. The second-order valence-corrected chi connectivity index (χ2v) is 4.31. The molecular formula is C9H12FNO2. The SMILES string of the molecule is CCC1(F)CC12CC(C(=O)N=O)C2. The quantitative estimate of drug-likeness (QED) is 0.619. The van der Waals surface area contributed by atoms with E-state index >= 15 is 0 Å². The zero-order valence-corrected chi connectivity index (χ0v) is 7.55. The summed E-state index contributed by atoms with van der Waals surface area (Å²) in [5.74, 6) is -0.891. The molecule has 0 saturated heterocycles. The van der Waals surface area contributed by atoms with Gasteiger partial charge in [0.2, 0.25) is 0 Å². The predicted molar refractivity (Wildman–Crippen MR) is 44.7 cm³/mol. The van der Waals surface area contributed by atoms with E-state index in [1.165, 1.54) is 0 Å². The Balaban J connectivity index is 1.93. The number of hydrogen-bond acceptors (Lipinski definition) is 2. The van der Waals surface area contributed by atoms with Gasteiger partial charge in [0, 0.05) is 16.5 Å². The molecule has 72 valence electrons. The number of halogens is 1. The van der Waals surface area contributed by atoms with Crippen molar-refractivity contribution in [2.45, 2.75) is 38.3 Å². The van der Waals surface area contributed by atoms with Crippen LogP contribution in [0.2, 0.25) is 0 Å². The molecule has 4 heteroatoms. The first-order valence-electron chi connectivity index (χ1n) is 4.63. The topological polar surface area (TPSA) is 46.5 Å². The zero-order chi connectivity index (χ0) is 9.69. The van der Waals surface area contributed by atoms with Crippen molar-refractivity contribution < 1.29 is 9.18 Å². The first-order chi connectivity index (χ1) is 6.07. The van der Waals surface area contributed by atoms with Gasteiger partial charge in [-0.25, -0.2) is 4.39 Å². The maximum absolute atomic E-state index is 13.7. The molecule has 0 heterocycles. The van der Waals surface area contributed by atoms with Crippen molar-refractivity contribution in [3.8, 4) is 0 Å². The fraction of sp³-hybridized carbons (Fsp3) is 0.889. The second-order valence-electron chi connectivity index (χ2n) is 4.31. The standard InChI is InChI=1S/C9H12FNO2/c1-2-9(10)5-8(9)3-6(4-8)7(12)11-13/h6H,2-5H2,1H3. The molecule has 2 saturated carbocycles. The van der Waals surface area contributed by atoms with E-state index in [0.29, 0.717) is 25.7 Å². The molecule has 13 heavy (non-hydrogen) atoms. The van der Waals surface area contributed by atoms with E-state index in [0.717, 1.165) is 0 Å². The summed E-state index contributed by atoms with van der Waals surface area (Å²) >= 11 is 0. The molecule has 2 rings (SSSR count). The first-order valence-corrected chi connectivity index (χ1v) is 4.63. The minimum atomic E-state index is -1.05. The molecule has 0 aliphatic heterocycles. The maximum atomic E-state index is 13.7. The Hall–Kier alpha value is -0.800. The Morgan fingerprint density at radius 1 is 1.62 bits per heavy atom. The van der Waals surface area contributed by atoms with Gasteiger partial charge in [0.1, 0.15) is 5.67 Å². The molecule has 0 radical (unpaired) electrons. The number of hydrogen-bond donors (Lipinski definition) is 0. The van der Waals surface area contributed by atoms with Crippen molar-refractivity contribution in [1.29, 1.82) is 0 Å². The molecule has 2 aliphatic carbocycles. The third-order valence-corrected chi connectivity index (χ3v) is 3.72. The van der Waals surface area contributed by atoms with Gasteiger partial charge >= 0.3 is 0 Å². The van der Waals surface area contributed by atoms with Crippen molar-refractivity contribution in [2.75, 3.05) is 0 Å². The van der Waals surface area contributed by atoms with Crippen LogP contribution in [0.1, 0.15) is 32.6 Å². The molecule has 0 bridgehead atoms. The van der Waals surface area contributed by atoms with E-state index in [2.05, 4.69) is 5.18 Å². The van der Waals surface area contributed by atoms with Gasteiger partial charge in [-0.15, -0.1) is 4.91 Å². The van der Waals surface area contributed by atoms with E-state index in [9.17, 15) is 14.1 Å². The number of nitroso groups, excluding NO2 is 1. The molecule has 1 amide bonds. The van der Waals surface area contributed by atoms with E-state index in [1.807, 2.05) is 6.92 Å². The molecule has 3 nitrogen and oxygen atoms in total. The molecule has 2 fully saturated rings. The van der Waals surface area contributed by atoms with Gasteiger partial charge in [-0.1, -0.05) is 6.92 Å². The lowest BCUT2D eigenvalue weighted by Gasteiger charge is -2.34. The second kappa shape index (κ2) is 2.36. The number of carbonyl (C=O) groups is 1. The largest absolute Gasteiger partial charge is 0.289 e. The van der Waals surface area contributed by atoms with Crippen molar-refractivity contribution in [1.82, 2.24) is 0 Å². The molecule has 0 aromatic carbocycles. The smallest absolute Gasteiger partial charge is 0.269 e. The third-order valence-electron chi connectivity index (χ3n) is 3.72. The van der Waals surface area contributed by atoms with E-state index in [4.69, 9.17) is 0 Å². The summed E-state index contributed by atoms with van der Waals surface area (Å²) in [5, 5.41) is 2.37. The Labute approximate surface area is 75.7 Å². The van der Waals surface area contributed by atoms with Gasteiger partial charge in [0.05, 0.1) is 0 Å². The van der Waals surface area contributed by atoms with E-state index in [1.54, 1.807) is 0 Å². The Morgan fingerprint density at radius 2 is 2.23 bits per heavy atom. The van der Waals surface area contributed by atoms with Crippen LogP contribution in [0, 0.1) is 16.2 Å². The van der Waals surface area contributed by atoms with Gasteiger partial charge < -0.3 is 0 Å². The van der Waals surface area contributed by atoms with Crippen LogP contribution in [-0.2, 0) is 4.79 Å². The molecule has 1 atom stereocenters. The van der Waals surface area contributed by atoms with Crippen LogP contribution in [0.5, 0.6) is 0 Å². The summed E-state index contributed by atoms with van der Waals surface area (Å²) in [5.41, 5.74) is -1.31. The molecule has 1 spiro atoms. The predicted octanol–water partition coefficient (Wildman–Crippen LogP) is 2.20. The number of carbonyl (C=O) groups excluding carboxylic acids is 1. The molecule has 1 unspecified atom stereocenters.